The molecule has 1 aliphatic heterocycles. The molecule has 2 aromatic heterocycles. The van der Waals surface area contributed by atoms with Gasteiger partial charge in [-0.3, -0.25) is 9.48 Å². The first-order chi connectivity index (χ1) is 12.6. The molecule has 4 rings (SSSR count). The standard InChI is InChI=1S/C20H23N3O3/c1-13-15-8-7-14(25-3)12-18(15)26-19(13)20(24)23-10-5-4-6-17(23)16-9-11-22(2)21-16/h7-9,11-12,17H,4-6,10H2,1-3H3/t17-/m0/s1. The summed E-state index contributed by atoms with van der Waals surface area (Å²) in [4.78, 5) is 15.2. The van der Waals surface area contributed by atoms with Crippen LogP contribution in [0.4, 0.5) is 0 Å². The van der Waals surface area contributed by atoms with E-state index in [1.165, 1.54) is 0 Å². The lowest BCUT2D eigenvalue weighted by Crippen LogP contribution is -2.38. The summed E-state index contributed by atoms with van der Waals surface area (Å²) in [5.74, 6) is 1.07. The van der Waals surface area contributed by atoms with Crippen molar-refractivity contribution >= 4 is 16.9 Å². The zero-order chi connectivity index (χ0) is 18.3. The molecular formula is C20H23N3O3. The van der Waals surface area contributed by atoms with Crippen LogP contribution < -0.4 is 4.74 Å². The van der Waals surface area contributed by atoms with E-state index in [1.807, 2.05) is 49.3 Å². The number of amides is 1. The van der Waals surface area contributed by atoms with Gasteiger partial charge in [-0.15, -0.1) is 0 Å². The number of carbonyl (C=O) groups excluding carboxylic acids is 1. The Morgan fingerprint density at radius 1 is 1.31 bits per heavy atom. The summed E-state index contributed by atoms with van der Waals surface area (Å²) in [6.07, 6.45) is 4.95. The Bertz CT molecular complexity index is 957. The maximum atomic E-state index is 13.3. The van der Waals surface area contributed by atoms with E-state index >= 15 is 0 Å². The normalized spacial score (nSPS) is 17.7. The van der Waals surface area contributed by atoms with Crippen LogP contribution >= 0.6 is 0 Å². The highest BCUT2D eigenvalue weighted by Gasteiger charge is 2.33. The number of hydrogen-bond acceptors (Lipinski definition) is 4. The van der Waals surface area contributed by atoms with E-state index in [-0.39, 0.29) is 11.9 Å². The van der Waals surface area contributed by atoms with E-state index in [0.717, 1.165) is 48.2 Å². The second-order valence-electron chi connectivity index (χ2n) is 6.84. The summed E-state index contributed by atoms with van der Waals surface area (Å²) in [6, 6.07) is 7.64. The molecule has 0 radical (unpaired) electrons. The van der Waals surface area contributed by atoms with Crippen molar-refractivity contribution in [2.75, 3.05) is 13.7 Å². The molecule has 3 heterocycles. The van der Waals surface area contributed by atoms with Crippen LogP contribution in [0.15, 0.2) is 34.9 Å². The van der Waals surface area contributed by atoms with Crippen LogP contribution in [0, 0.1) is 6.92 Å². The molecule has 26 heavy (non-hydrogen) atoms. The van der Waals surface area contributed by atoms with Crippen molar-refractivity contribution in [3.8, 4) is 5.75 Å². The highest BCUT2D eigenvalue weighted by Crippen LogP contribution is 2.34. The molecule has 0 spiro atoms. The zero-order valence-electron chi connectivity index (χ0n) is 15.4. The molecule has 136 valence electrons. The number of carbonyl (C=O) groups is 1. The fourth-order valence-corrected chi connectivity index (χ4v) is 3.76. The lowest BCUT2D eigenvalue weighted by atomic mass is 9.98. The molecule has 0 aliphatic carbocycles. The zero-order valence-corrected chi connectivity index (χ0v) is 15.4. The third kappa shape index (κ3) is 2.75. The largest absolute Gasteiger partial charge is 0.497 e. The number of nitrogens with zero attached hydrogens (tertiary/aromatic N) is 3. The second kappa shape index (κ2) is 6.52. The average Bonchev–Trinajstić information content (AvgIpc) is 3.24. The molecule has 1 aliphatic rings. The Labute approximate surface area is 152 Å². The van der Waals surface area contributed by atoms with Gasteiger partial charge >= 0.3 is 0 Å². The Hall–Kier alpha value is -2.76. The molecule has 1 fully saturated rings. The molecule has 6 nitrogen and oxygen atoms in total. The van der Waals surface area contributed by atoms with Gasteiger partial charge in [-0.2, -0.15) is 5.10 Å². The van der Waals surface area contributed by atoms with E-state index in [2.05, 4.69) is 5.10 Å². The van der Waals surface area contributed by atoms with Crippen LogP contribution in [0.2, 0.25) is 0 Å². The first-order valence-corrected chi connectivity index (χ1v) is 8.96. The molecule has 1 amide bonds. The van der Waals surface area contributed by atoms with E-state index < -0.39 is 0 Å². The minimum Gasteiger partial charge on any atom is -0.497 e. The molecule has 1 atom stereocenters. The first-order valence-electron chi connectivity index (χ1n) is 8.96. The highest BCUT2D eigenvalue weighted by atomic mass is 16.5. The monoisotopic (exact) mass is 353 g/mol. The lowest BCUT2D eigenvalue weighted by molar-refractivity contribution is 0.0574. The van der Waals surface area contributed by atoms with Crippen LogP contribution in [0.5, 0.6) is 5.75 Å². The summed E-state index contributed by atoms with van der Waals surface area (Å²) in [5.41, 5.74) is 2.49. The molecular weight excluding hydrogens is 330 g/mol. The number of aryl methyl sites for hydroxylation is 2. The number of methoxy groups -OCH3 is 1. The quantitative estimate of drug-likeness (QED) is 0.717. The fraction of sp³-hybridized carbons (Fsp3) is 0.400. The average molecular weight is 353 g/mol. The predicted molar refractivity (Wildman–Crippen MR) is 98.3 cm³/mol. The van der Waals surface area contributed by atoms with Gasteiger partial charge in [0.25, 0.3) is 5.91 Å². The Morgan fingerprint density at radius 3 is 2.88 bits per heavy atom. The number of hydrogen-bond donors (Lipinski definition) is 0. The summed E-state index contributed by atoms with van der Waals surface area (Å²) in [6.45, 7) is 2.66. The Kier molecular flexibility index (Phi) is 4.18. The molecule has 0 saturated carbocycles. The van der Waals surface area contributed by atoms with E-state index in [0.29, 0.717) is 11.3 Å². The van der Waals surface area contributed by atoms with Crippen LogP contribution in [0.3, 0.4) is 0 Å². The van der Waals surface area contributed by atoms with E-state index in [4.69, 9.17) is 9.15 Å². The molecule has 0 N–H and O–H groups in total. The number of rotatable bonds is 3. The maximum absolute atomic E-state index is 13.3. The Balaban J connectivity index is 1.71. The molecule has 0 bridgehead atoms. The van der Waals surface area contributed by atoms with Crippen molar-refractivity contribution in [3.05, 3.63) is 47.5 Å². The highest BCUT2D eigenvalue weighted by molar-refractivity contribution is 5.99. The number of ether oxygens (including phenoxy) is 1. The van der Waals surface area contributed by atoms with Gasteiger partial charge in [0.05, 0.1) is 18.8 Å². The van der Waals surface area contributed by atoms with Gasteiger partial charge in [0.2, 0.25) is 0 Å². The smallest absolute Gasteiger partial charge is 0.290 e. The van der Waals surface area contributed by atoms with Crippen molar-refractivity contribution in [3.63, 3.8) is 0 Å². The predicted octanol–water partition coefficient (Wildman–Crippen LogP) is 3.85. The van der Waals surface area contributed by atoms with Crippen molar-refractivity contribution in [1.82, 2.24) is 14.7 Å². The summed E-state index contributed by atoms with van der Waals surface area (Å²) < 4.78 is 13.0. The molecule has 6 heteroatoms. The number of aromatic nitrogens is 2. The summed E-state index contributed by atoms with van der Waals surface area (Å²) in [7, 11) is 3.52. The second-order valence-corrected chi connectivity index (χ2v) is 6.84. The maximum Gasteiger partial charge on any atom is 0.290 e. The number of piperidine rings is 1. The van der Waals surface area contributed by atoms with Gasteiger partial charge in [0.1, 0.15) is 11.3 Å². The molecule has 1 aromatic carbocycles. The minimum absolute atomic E-state index is 0.000372. The van der Waals surface area contributed by atoms with Crippen LogP contribution in [0.1, 0.15) is 47.1 Å². The van der Waals surface area contributed by atoms with Crippen molar-refractivity contribution in [1.29, 1.82) is 0 Å². The molecule has 3 aromatic rings. The SMILES string of the molecule is COc1ccc2c(C)c(C(=O)N3CCCC[C@H]3c3ccn(C)n3)oc2c1. The van der Waals surface area contributed by atoms with Gasteiger partial charge in [-0.1, -0.05) is 0 Å². The van der Waals surface area contributed by atoms with Gasteiger partial charge in [0, 0.05) is 36.8 Å². The minimum atomic E-state index is -0.0620. The number of likely N-dealkylation sites (tertiary alicyclic amines) is 1. The number of furan rings is 1. The van der Waals surface area contributed by atoms with E-state index in [1.54, 1.807) is 11.8 Å². The fourth-order valence-electron chi connectivity index (χ4n) is 3.76. The van der Waals surface area contributed by atoms with Gasteiger partial charge in [0.15, 0.2) is 5.76 Å². The van der Waals surface area contributed by atoms with Gasteiger partial charge in [-0.05, 0) is 44.4 Å². The van der Waals surface area contributed by atoms with Crippen molar-refractivity contribution < 1.29 is 13.9 Å². The van der Waals surface area contributed by atoms with Gasteiger partial charge in [-0.25, -0.2) is 0 Å². The van der Waals surface area contributed by atoms with Crippen LogP contribution in [0.25, 0.3) is 11.0 Å². The third-order valence-corrected chi connectivity index (χ3v) is 5.18. The summed E-state index contributed by atoms with van der Waals surface area (Å²) >= 11 is 0. The number of fused-ring (bicyclic) bond motifs is 1. The first kappa shape index (κ1) is 16.7. The number of benzene rings is 1. The summed E-state index contributed by atoms with van der Waals surface area (Å²) in [5, 5.41) is 5.47. The van der Waals surface area contributed by atoms with E-state index in [9.17, 15) is 4.79 Å². The Morgan fingerprint density at radius 2 is 2.15 bits per heavy atom. The lowest BCUT2D eigenvalue weighted by Gasteiger charge is -2.34. The molecule has 0 unspecified atom stereocenters. The molecule has 1 saturated heterocycles. The topological polar surface area (TPSA) is 60.5 Å². The van der Waals surface area contributed by atoms with Crippen molar-refractivity contribution in [2.24, 2.45) is 7.05 Å². The van der Waals surface area contributed by atoms with Gasteiger partial charge < -0.3 is 14.1 Å². The third-order valence-electron chi connectivity index (χ3n) is 5.18. The van der Waals surface area contributed by atoms with Crippen LogP contribution in [-0.4, -0.2) is 34.2 Å². The van der Waals surface area contributed by atoms with Crippen LogP contribution in [-0.2, 0) is 7.05 Å². The van der Waals surface area contributed by atoms with Crippen molar-refractivity contribution in [2.45, 2.75) is 32.2 Å².